The van der Waals surface area contributed by atoms with E-state index in [-0.39, 0.29) is 23.9 Å². The number of allylic oxidation sites excluding steroid dienone is 3. The second-order valence-electron chi connectivity index (χ2n) is 8.08. The van der Waals surface area contributed by atoms with Gasteiger partial charge in [0, 0.05) is 30.7 Å². The summed E-state index contributed by atoms with van der Waals surface area (Å²) in [6.07, 6.45) is 11.3. The number of rotatable bonds is 2. The molecule has 4 unspecified atom stereocenters. The van der Waals surface area contributed by atoms with E-state index in [0.717, 1.165) is 57.5 Å². The number of hydrogen-bond acceptors (Lipinski definition) is 7. The zero-order chi connectivity index (χ0) is 18.7. The molecule has 1 aliphatic carbocycles. The molecule has 1 spiro atoms. The second-order valence-corrected chi connectivity index (χ2v) is 8.08. The van der Waals surface area contributed by atoms with Crippen LogP contribution >= 0.6 is 0 Å². The Hall–Kier alpha value is -1.41. The van der Waals surface area contributed by atoms with E-state index in [2.05, 4.69) is 20.9 Å². The first-order chi connectivity index (χ1) is 13.2. The third kappa shape index (κ3) is 4.21. The summed E-state index contributed by atoms with van der Waals surface area (Å²) in [4.78, 5) is 4.47. The van der Waals surface area contributed by atoms with E-state index in [4.69, 9.17) is 9.47 Å². The van der Waals surface area contributed by atoms with Crippen LogP contribution in [-0.4, -0.2) is 54.9 Å². The van der Waals surface area contributed by atoms with Crippen LogP contribution in [0.2, 0.25) is 0 Å². The van der Waals surface area contributed by atoms with Crippen LogP contribution in [0.25, 0.3) is 0 Å². The number of ether oxygens (including phenoxy) is 2. The summed E-state index contributed by atoms with van der Waals surface area (Å²) in [5.41, 5.74) is -0.121. The molecule has 3 heterocycles. The van der Waals surface area contributed by atoms with E-state index in [1.54, 1.807) is 0 Å². The van der Waals surface area contributed by atoms with E-state index in [1.165, 1.54) is 0 Å². The maximum absolute atomic E-state index is 10.8. The van der Waals surface area contributed by atoms with Crippen molar-refractivity contribution in [2.45, 2.75) is 69.4 Å². The number of nitrogens with zero attached hydrogens (tertiary/aromatic N) is 1. The number of aliphatic hydroxyl groups excluding tert-OH is 1. The average molecular weight is 377 g/mol. The lowest BCUT2D eigenvalue weighted by Crippen LogP contribution is -2.65. The molecule has 0 radical (unpaired) electrons. The van der Waals surface area contributed by atoms with Crippen LogP contribution < -0.4 is 16.0 Å². The first kappa shape index (κ1) is 18.9. The van der Waals surface area contributed by atoms with Crippen molar-refractivity contribution in [2.75, 3.05) is 19.8 Å². The van der Waals surface area contributed by atoms with Crippen molar-refractivity contribution >= 4 is 6.02 Å². The zero-order valence-electron chi connectivity index (χ0n) is 16.1. The summed E-state index contributed by atoms with van der Waals surface area (Å²) >= 11 is 0. The fourth-order valence-electron chi connectivity index (χ4n) is 4.93. The lowest BCUT2D eigenvalue weighted by molar-refractivity contribution is -0.0330. The average Bonchev–Trinajstić information content (AvgIpc) is 2.95. The predicted molar refractivity (Wildman–Crippen MR) is 104 cm³/mol. The Morgan fingerprint density at radius 3 is 2.96 bits per heavy atom. The summed E-state index contributed by atoms with van der Waals surface area (Å²) in [7, 11) is 0. The molecule has 0 aromatic carbocycles. The fraction of sp³-hybridized carbons (Fsp3) is 0.750. The largest absolute Gasteiger partial charge is 0.429 e. The number of hydrogen-bond donors (Lipinski definition) is 4. The Labute approximate surface area is 161 Å². The van der Waals surface area contributed by atoms with Crippen molar-refractivity contribution in [2.24, 2.45) is 10.9 Å². The first-order valence-corrected chi connectivity index (χ1v) is 10.3. The van der Waals surface area contributed by atoms with Crippen LogP contribution in [0.3, 0.4) is 0 Å². The van der Waals surface area contributed by atoms with Crippen LogP contribution in [0.15, 0.2) is 29.0 Å². The standard InChI is InChI=1S/C20H32N4O3/c1-2-3-6-15-13-21-19(27-15)23-18-22-14-5-4-7-17(25)16(12-14)20(24-18)8-10-26-11-9-20/h2-3,6,14,16-18,22,24-25H,4-5,7-13H2,1H3,(H,21,23)/b3-2-,15-6+. The van der Waals surface area contributed by atoms with E-state index >= 15 is 0 Å². The number of fused-ring (bicyclic) bond motifs is 3. The van der Waals surface area contributed by atoms with Gasteiger partial charge in [-0.3, -0.25) is 10.6 Å². The van der Waals surface area contributed by atoms with Gasteiger partial charge in [-0.05, 0) is 51.5 Å². The van der Waals surface area contributed by atoms with Crippen LogP contribution in [-0.2, 0) is 9.47 Å². The highest BCUT2D eigenvalue weighted by atomic mass is 16.5. The van der Waals surface area contributed by atoms with Gasteiger partial charge in [0.2, 0.25) is 0 Å². The normalized spacial score (nSPS) is 37.7. The highest BCUT2D eigenvalue weighted by Crippen LogP contribution is 2.40. The predicted octanol–water partition coefficient (Wildman–Crippen LogP) is 1.37. The third-order valence-corrected chi connectivity index (χ3v) is 6.33. The van der Waals surface area contributed by atoms with Crippen molar-refractivity contribution in [3.63, 3.8) is 0 Å². The lowest BCUT2D eigenvalue weighted by Gasteiger charge is -2.46. The zero-order valence-corrected chi connectivity index (χ0v) is 16.1. The molecule has 0 amide bonds. The SMILES string of the molecule is C/C=C\C=C1/CN=C(NC2NC3CCCC(O)C(C3)C3(CCOCC3)N2)O1. The minimum absolute atomic E-state index is 0.121. The molecule has 7 heteroatoms. The van der Waals surface area contributed by atoms with Gasteiger partial charge in [0.05, 0.1) is 6.10 Å². The minimum atomic E-state index is -0.253. The molecule has 0 aromatic heterocycles. The summed E-state index contributed by atoms with van der Waals surface area (Å²) in [6, 6.07) is 0.923. The molecule has 4 atom stereocenters. The molecule has 0 aromatic rings. The first-order valence-electron chi connectivity index (χ1n) is 10.3. The fourth-order valence-corrected chi connectivity index (χ4v) is 4.93. The van der Waals surface area contributed by atoms with Crippen molar-refractivity contribution in [3.8, 4) is 0 Å². The van der Waals surface area contributed by atoms with E-state index in [1.807, 2.05) is 25.2 Å². The number of aliphatic imine (C=N–C) groups is 1. The maximum Gasteiger partial charge on any atom is 0.292 e. The van der Waals surface area contributed by atoms with Gasteiger partial charge in [-0.15, -0.1) is 0 Å². The maximum atomic E-state index is 10.8. The van der Waals surface area contributed by atoms with Crippen molar-refractivity contribution in [1.82, 2.24) is 16.0 Å². The Kier molecular flexibility index (Phi) is 5.82. The Balaban J connectivity index is 1.50. The molecule has 4 N–H and O–H groups in total. The van der Waals surface area contributed by atoms with E-state index in [9.17, 15) is 5.11 Å². The summed E-state index contributed by atoms with van der Waals surface area (Å²) in [6.45, 7) is 4.01. The molecule has 150 valence electrons. The number of aliphatic hydroxyl groups is 1. The van der Waals surface area contributed by atoms with Gasteiger partial charge >= 0.3 is 0 Å². The van der Waals surface area contributed by atoms with Gasteiger partial charge in [-0.2, -0.15) is 0 Å². The third-order valence-electron chi connectivity index (χ3n) is 6.33. The van der Waals surface area contributed by atoms with Crippen molar-refractivity contribution < 1.29 is 14.6 Å². The molecule has 27 heavy (non-hydrogen) atoms. The molecular formula is C20H32N4O3. The quantitative estimate of drug-likeness (QED) is 0.582. The Bertz CT molecular complexity index is 612. The van der Waals surface area contributed by atoms with Crippen LogP contribution in [0.4, 0.5) is 0 Å². The van der Waals surface area contributed by atoms with Crippen LogP contribution in [0.1, 0.15) is 45.4 Å². The van der Waals surface area contributed by atoms with E-state index < -0.39 is 0 Å². The molecule has 2 saturated heterocycles. The Morgan fingerprint density at radius 2 is 2.15 bits per heavy atom. The molecule has 1 saturated carbocycles. The number of amidine groups is 1. The van der Waals surface area contributed by atoms with Crippen LogP contribution in [0.5, 0.6) is 0 Å². The smallest absolute Gasteiger partial charge is 0.292 e. The molecule has 4 aliphatic rings. The van der Waals surface area contributed by atoms with Crippen molar-refractivity contribution in [3.05, 3.63) is 24.0 Å². The topological polar surface area (TPSA) is 87.1 Å². The summed E-state index contributed by atoms with van der Waals surface area (Å²) in [5.74, 6) is 1.08. The minimum Gasteiger partial charge on any atom is -0.429 e. The van der Waals surface area contributed by atoms with Gasteiger partial charge in [-0.1, -0.05) is 12.2 Å². The van der Waals surface area contributed by atoms with Gasteiger partial charge in [0.25, 0.3) is 6.02 Å². The monoisotopic (exact) mass is 376 g/mol. The summed E-state index contributed by atoms with van der Waals surface area (Å²) < 4.78 is 11.5. The molecule has 7 nitrogen and oxygen atoms in total. The Morgan fingerprint density at radius 1 is 1.30 bits per heavy atom. The van der Waals surface area contributed by atoms with Gasteiger partial charge in [0.15, 0.2) is 0 Å². The highest BCUT2D eigenvalue weighted by Gasteiger charge is 2.48. The highest BCUT2D eigenvalue weighted by molar-refractivity contribution is 5.77. The lowest BCUT2D eigenvalue weighted by atomic mass is 9.72. The van der Waals surface area contributed by atoms with Gasteiger partial charge < -0.3 is 19.9 Å². The van der Waals surface area contributed by atoms with Crippen LogP contribution in [0, 0.1) is 5.92 Å². The molecule has 3 aliphatic heterocycles. The van der Waals surface area contributed by atoms with Gasteiger partial charge in [-0.25, -0.2) is 4.99 Å². The summed E-state index contributed by atoms with van der Waals surface area (Å²) in [5, 5.41) is 21.7. The molecule has 2 bridgehead atoms. The molecular weight excluding hydrogens is 344 g/mol. The number of nitrogens with one attached hydrogen (secondary N) is 3. The second kappa shape index (κ2) is 8.31. The molecule has 4 rings (SSSR count). The van der Waals surface area contributed by atoms with E-state index in [0.29, 0.717) is 18.6 Å². The van der Waals surface area contributed by atoms with Crippen molar-refractivity contribution in [1.29, 1.82) is 0 Å². The molecule has 3 fully saturated rings. The van der Waals surface area contributed by atoms with Gasteiger partial charge in [0.1, 0.15) is 18.6 Å².